The molecule has 1 heterocycles. The average Bonchev–Trinajstić information content (AvgIpc) is 1.88. The summed E-state index contributed by atoms with van der Waals surface area (Å²) >= 11 is 0. The van der Waals surface area contributed by atoms with Crippen LogP contribution in [0, 0.1) is 13.1 Å². The minimum absolute atomic E-state index is 0. The first-order valence-corrected chi connectivity index (χ1v) is 3.15. The first kappa shape index (κ1) is 11.7. The summed E-state index contributed by atoms with van der Waals surface area (Å²) in [5, 5.41) is 0. The van der Waals surface area contributed by atoms with Crippen LogP contribution in [0.5, 0.6) is 0 Å². The molecular weight excluding hydrogens is 165 g/mol. The van der Waals surface area contributed by atoms with Crippen molar-refractivity contribution in [2.75, 3.05) is 7.11 Å². The number of ether oxygens (including phenoxy) is 1. The molecule has 0 spiro atoms. The maximum atomic E-state index is 4.93. The van der Waals surface area contributed by atoms with Gasteiger partial charge in [0.25, 0.3) is 0 Å². The van der Waals surface area contributed by atoms with Crippen LogP contribution in [0.15, 0.2) is 12.3 Å². The Labute approximate surface area is 110 Å². The van der Waals surface area contributed by atoms with Gasteiger partial charge in [-0.25, -0.2) is 0 Å². The van der Waals surface area contributed by atoms with Crippen molar-refractivity contribution in [2.45, 2.75) is 13.5 Å². The topological polar surface area (TPSA) is 22.1 Å². The molecule has 0 aliphatic carbocycles. The number of hydrogen-bond acceptors (Lipinski definition) is 2. The molecule has 0 radical (unpaired) electrons. The molecule has 0 N–H and O–H groups in total. The van der Waals surface area contributed by atoms with Crippen molar-refractivity contribution in [3.05, 3.63) is 29.6 Å². The molecule has 11 heavy (non-hydrogen) atoms. The molecule has 0 aliphatic heterocycles. The van der Waals surface area contributed by atoms with E-state index in [9.17, 15) is 0 Å². The predicted octanol–water partition coefficient (Wildman–Crippen LogP) is -1.66. The molecule has 1 rings (SSSR count). The van der Waals surface area contributed by atoms with Gasteiger partial charge in [-0.05, 0) is 0 Å². The van der Waals surface area contributed by atoms with Gasteiger partial charge in [-0.3, -0.25) is 0 Å². The summed E-state index contributed by atoms with van der Waals surface area (Å²) in [6.07, 6.45) is 4.58. The van der Waals surface area contributed by atoms with Crippen molar-refractivity contribution in [3.8, 4) is 0 Å². The molecule has 2 nitrogen and oxygen atoms in total. The summed E-state index contributed by atoms with van der Waals surface area (Å²) in [5.41, 5.74) is 2.15. The predicted molar refractivity (Wildman–Crippen MR) is 38.5 cm³/mol. The smallest absolute Gasteiger partial charge is 0.394 e. The molecule has 54 valence electrons. The fraction of sp³-hybridized carbons (Fsp3) is 0.375. The summed E-state index contributed by atoms with van der Waals surface area (Å²) in [6, 6.07) is 2.01. The molecule has 0 aromatic carbocycles. The molecule has 0 saturated heterocycles. The van der Waals surface area contributed by atoms with Gasteiger partial charge in [0.1, 0.15) is 0 Å². The number of methoxy groups -OCH3 is 1. The molecular formula is C8H10KNO. The van der Waals surface area contributed by atoms with Crippen LogP contribution in [0.4, 0.5) is 0 Å². The molecule has 0 amide bonds. The summed E-state index contributed by atoms with van der Waals surface area (Å²) in [7, 11) is 1.67. The van der Waals surface area contributed by atoms with E-state index in [-0.39, 0.29) is 51.4 Å². The Bertz CT molecular complexity index is 215. The van der Waals surface area contributed by atoms with Crippen molar-refractivity contribution in [2.24, 2.45) is 0 Å². The maximum absolute atomic E-state index is 4.93. The van der Waals surface area contributed by atoms with Crippen LogP contribution in [0.25, 0.3) is 0 Å². The Morgan fingerprint density at radius 2 is 2.36 bits per heavy atom. The molecule has 0 bridgehead atoms. The van der Waals surface area contributed by atoms with Gasteiger partial charge in [-0.1, -0.05) is 19.3 Å². The number of nitrogens with zero attached hydrogens (tertiary/aromatic N) is 1. The molecule has 0 aliphatic rings. The van der Waals surface area contributed by atoms with E-state index in [0.29, 0.717) is 6.61 Å². The van der Waals surface area contributed by atoms with Crippen LogP contribution in [0.1, 0.15) is 11.1 Å². The molecule has 0 unspecified atom stereocenters. The number of hydrogen-bond donors (Lipinski definition) is 0. The zero-order valence-electron chi connectivity index (χ0n) is 7.22. The summed E-state index contributed by atoms with van der Waals surface area (Å²) in [4.78, 5) is 3.90. The third kappa shape index (κ3) is 4.35. The zero-order valence-corrected chi connectivity index (χ0v) is 10.3. The van der Waals surface area contributed by atoms with Gasteiger partial charge >= 0.3 is 51.4 Å². The quantitative estimate of drug-likeness (QED) is 0.396. The van der Waals surface area contributed by atoms with Gasteiger partial charge in [0.05, 0.1) is 6.61 Å². The van der Waals surface area contributed by atoms with Gasteiger partial charge in [-0.2, -0.15) is 6.07 Å². The van der Waals surface area contributed by atoms with Crippen LogP contribution in [-0.2, 0) is 11.3 Å². The maximum Gasteiger partial charge on any atom is 1.00 e. The third-order valence-electron chi connectivity index (χ3n) is 1.18. The first-order chi connectivity index (χ1) is 4.83. The average molecular weight is 175 g/mol. The second-order valence-electron chi connectivity index (χ2n) is 2.21. The SMILES string of the molecule is COCc1cn[c-]c(C)c1.[K+]. The zero-order chi connectivity index (χ0) is 7.40. The molecule has 1 aromatic heterocycles. The van der Waals surface area contributed by atoms with Crippen LogP contribution in [0.2, 0.25) is 0 Å². The van der Waals surface area contributed by atoms with Crippen LogP contribution >= 0.6 is 0 Å². The van der Waals surface area contributed by atoms with Crippen molar-refractivity contribution in [3.63, 3.8) is 0 Å². The minimum atomic E-state index is 0. The van der Waals surface area contributed by atoms with Crippen LogP contribution < -0.4 is 51.4 Å². The van der Waals surface area contributed by atoms with Crippen LogP contribution in [-0.4, -0.2) is 12.1 Å². The van der Waals surface area contributed by atoms with Gasteiger partial charge in [-0.15, -0.1) is 11.1 Å². The van der Waals surface area contributed by atoms with Crippen molar-refractivity contribution in [1.82, 2.24) is 4.98 Å². The largest absolute Gasteiger partial charge is 1.00 e. The van der Waals surface area contributed by atoms with E-state index in [1.165, 1.54) is 0 Å². The molecule has 0 atom stereocenters. The number of rotatable bonds is 2. The summed E-state index contributed by atoms with van der Waals surface area (Å²) in [5.74, 6) is 0. The van der Waals surface area contributed by atoms with Crippen LogP contribution in [0.3, 0.4) is 0 Å². The monoisotopic (exact) mass is 175 g/mol. The molecule has 1 aromatic rings. The minimum Gasteiger partial charge on any atom is -0.394 e. The Morgan fingerprint density at radius 1 is 1.64 bits per heavy atom. The molecule has 0 fully saturated rings. The van der Waals surface area contributed by atoms with Gasteiger partial charge in [0.2, 0.25) is 0 Å². The number of pyridine rings is 1. The van der Waals surface area contributed by atoms with E-state index in [0.717, 1.165) is 11.1 Å². The third-order valence-corrected chi connectivity index (χ3v) is 1.18. The van der Waals surface area contributed by atoms with Crippen molar-refractivity contribution < 1.29 is 56.1 Å². The van der Waals surface area contributed by atoms with Gasteiger partial charge in [0, 0.05) is 7.11 Å². The second kappa shape index (κ2) is 6.28. The Morgan fingerprint density at radius 3 is 2.91 bits per heavy atom. The Kier molecular flexibility index (Phi) is 6.71. The second-order valence-corrected chi connectivity index (χ2v) is 2.21. The van der Waals surface area contributed by atoms with E-state index in [4.69, 9.17) is 4.74 Å². The number of aromatic nitrogens is 1. The van der Waals surface area contributed by atoms with E-state index in [2.05, 4.69) is 11.2 Å². The fourth-order valence-corrected chi connectivity index (χ4v) is 0.810. The van der Waals surface area contributed by atoms with E-state index < -0.39 is 0 Å². The van der Waals surface area contributed by atoms with Gasteiger partial charge in [0.15, 0.2) is 0 Å². The van der Waals surface area contributed by atoms with Crippen molar-refractivity contribution in [1.29, 1.82) is 0 Å². The molecule has 0 saturated carbocycles. The summed E-state index contributed by atoms with van der Waals surface area (Å²) < 4.78 is 4.93. The summed E-state index contributed by atoms with van der Waals surface area (Å²) in [6.45, 7) is 2.59. The normalized spacial score (nSPS) is 8.91. The first-order valence-electron chi connectivity index (χ1n) is 3.15. The number of aryl methyl sites for hydroxylation is 1. The van der Waals surface area contributed by atoms with E-state index in [1.54, 1.807) is 13.3 Å². The Hall–Kier alpha value is 0.746. The van der Waals surface area contributed by atoms with E-state index >= 15 is 0 Å². The Balaban J connectivity index is 0.000001000. The van der Waals surface area contributed by atoms with E-state index in [1.807, 2.05) is 13.0 Å². The van der Waals surface area contributed by atoms with Crippen molar-refractivity contribution >= 4 is 0 Å². The van der Waals surface area contributed by atoms with Gasteiger partial charge < -0.3 is 9.72 Å². The standard InChI is InChI=1S/C8H10NO.K/c1-7-3-8(6-10-2)5-9-4-7;/h3,5H,6H2,1-2H3;/q-1;+1. The molecule has 3 heteroatoms. The fourth-order valence-electron chi connectivity index (χ4n) is 0.810.